The summed E-state index contributed by atoms with van der Waals surface area (Å²) in [6.07, 6.45) is 3.65. The highest BCUT2D eigenvalue weighted by atomic mass is 16.4. The van der Waals surface area contributed by atoms with Gasteiger partial charge in [0.15, 0.2) is 0 Å². The highest BCUT2D eigenvalue weighted by molar-refractivity contribution is 6.02. The lowest BCUT2D eigenvalue weighted by Crippen LogP contribution is -2.09. The van der Waals surface area contributed by atoms with Gasteiger partial charge in [0.05, 0.1) is 16.6 Å². The van der Waals surface area contributed by atoms with E-state index in [1.54, 1.807) is 6.07 Å². The van der Waals surface area contributed by atoms with Crippen molar-refractivity contribution in [3.05, 3.63) is 83.2 Å². The molecule has 0 amide bonds. The smallest absolute Gasteiger partial charge is 0.337 e. The summed E-state index contributed by atoms with van der Waals surface area (Å²) in [6.45, 7) is 4.78. The van der Waals surface area contributed by atoms with Crippen LogP contribution < -0.4 is 0 Å². The minimum absolute atomic E-state index is 0.295. The van der Waals surface area contributed by atoms with Gasteiger partial charge in [0.25, 0.3) is 0 Å². The maximum atomic E-state index is 12.1. The molecular formula is C28H28N6O2. The van der Waals surface area contributed by atoms with Crippen molar-refractivity contribution in [2.45, 2.75) is 46.1 Å². The van der Waals surface area contributed by atoms with Crippen LogP contribution in [0.1, 0.15) is 54.0 Å². The van der Waals surface area contributed by atoms with Gasteiger partial charge in [-0.25, -0.2) is 9.78 Å². The summed E-state index contributed by atoms with van der Waals surface area (Å²) >= 11 is 0. The first kappa shape index (κ1) is 23.4. The van der Waals surface area contributed by atoms with Crippen LogP contribution >= 0.6 is 0 Å². The number of benzene rings is 3. The number of aromatic carboxylic acids is 1. The van der Waals surface area contributed by atoms with E-state index < -0.39 is 5.97 Å². The van der Waals surface area contributed by atoms with Gasteiger partial charge in [0.1, 0.15) is 5.82 Å². The Morgan fingerprint density at radius 1 is 1.00 bits per heavy atom. The number of fused-ring (bicyclic) bond motifs is 1. The lowest BCUT2D eigenvalue weighted by Gasteiger charge is -2.13. The summed E-state index contributed by atoms with van der Waals surface area (Å²) in [5.41, 5.74) is 6.91. The van der Waals surface area contributed by atoms with Crippen LogP contribution in [-0.2, 0) is 19.4 Å². The fourth-order valence-corrected chi connectivity index (χ4v) is 4.67. The standard InChI is InChI=1S/C28H28N6O2/c1-3-5-10-24-29-25-19(4-2)15-16-23(28(35)36)26(25)34(24)17-18-11-13-20(14-12-18)21-8-6-7-9-22(21)27-30-32-33-31-27/h6-9,11-16H,3-5,10,17H2,1-2H3,(H,35,36)(H,30,31,32,33). The Morgan fingerprint density at radius 3 is 2.44 bits per heavy atom. The van der Waals surface area contributed by atoms with Crippen molar-refractivity contribution in [2.75, 3.05) is 0 Å². The van der Waals surface area contributed by atoms with Gasteiger partial charge in [-0.3, -0.25) is 0 Å². The summed E-state index contributed by atoms with van der Waals surface area (Å²) in [7, 11) is 0. The maximum Gasteiger partial charge on any atom is 0.337 e. The van der Waals surface area contributed by atoms with E-state index in [4.69, 9.17) is 4.98 Å². The van der Waals surface area contributed by atoms with Crippen molar-refractivity contribution in [3.8, 4) is 22.5 Å². The zero-order chi connectivity index (χ0) is 25.1. The molecule has 0 unspecified atom stereocenters. The fraction of sp³-hybridized carbons (Fsp3) is 0.250. The average molecular weight is 481 g/mol. The minimum Gasteiger partial charge on any atom is -0.478 e. The molecule has 0 bridgehead atoms. The second-order valence-corrected chi connectivity index (χ2v) is 8.82. The molecule has 0 fully saturated rings. The van der Waals surface area contributed by atoms with E-state index in [1.807, 2.05) is 30.3 Å². The lowest BCUT2D eigenvalue weighted by atomic mass is 9.98. The molecule has 36 heavy (non-hydrogen) atoms. The number of carbonyl (C=O) groups is 1. The number of aromatic nitrogens is 6. The summed E-state index contributed by atoms with van der Waals surface area (Å²) in [6, 6.07) is 19.9. The van der Waals surface area contributed by atoms with Crippen LogP contribution in [0.3, 0.4) is 0 Å². The number of imidazole rings is 1. The molecule has 182 valence electrons. The number of carboxylic acid groups (broad SMARTS) is 1. The number of aromatic amines is 1. The van der Waals surface area contributed by atoms with Crippen LogP contribution in [0.2, 0.25) is 0 Å². The van der Waals surface area contributed by atoms with Gasteiger partial charge in [-0.05, 0) is 46.4 Å². The Bertz CT molecular complexity index is 1500. The second-order valence-electron chi connectivity index (χ2n) is 8.82. The monoisotopic (exact) mass is 480 g/mol. The van der Waals surface area contributed by atoms with E-state index >= 15 is 0 Å². The zero-order valence-electron chi connectivity index (χ0n) is 20.4. The van der Waals surface area contributed by atoms with Gasteiger partial charge in [0, 0.05) is 18.5 Å². The number of hydrogen-bond donors (Lipinski definition) is 2. The van der Waals surface area contributed by atoms with Crippen molar-refractivity contribution in [1.29, 1.82) is 0 Å². The topological polar surface area (TPSA) is 110 Å². The Labute approximate surface area is 209 Å². The molecular weight excluding hydrogens is 452 g/mol. The number of unbranched alkanes of at least 4 members (excludes halogenated alkanes) is 1. The quantitative estimate of drug-likeness (QED) is 0.287. The highest BCUT2D eigenvalue weighted by Crippen LogP contribution is 2.31. The largest absolute Gasteiger partial charge is 0.478 e. The number of nitrogens with one attached hydrogen (secondary N) is 1. The molecule has 5 rings (SSSR count). The fourth-order valence-electron chi connectivity index (χ4n) is 4.67. The van der Waals surface area contributed by atoms with Crippen LogP contribution in [0.15, 0.2) is 60.7 Å². The Hall–Kier alpha value is -4.33. The summed E-state index contributed by atoms with van der Waals surface area (Å²) in [4.78, 5) is 17.1. The molecule has 2 aromatic heterocycles. The van der Waals surface area contributed by atoms with Crippen LogP contribution in [0.4, 0.5) is 0 Å². The van der Waals surface area contributed by atoms with E-state index in [1.165, 1.54) is 0 Å². The first-order chi connectivity index (χ1) is 17.6. The molecule has 2 heterocycles. The van der Waals surface area contributed by atoms with E-state index in [9.17, 15) is 9.90 Å². The number of hydrogen-bond acceptors (Lipinski definition) is 5. The number of tetrazole rings is 1. The number of carboxylic acids is 1. The van der Waals surface area contributed by atoms with Crippen molar-refractivity contribution in [2.24, 2.45) is 0 Å². The summed E-state index contributed by atoms with van der Waals surface area (Å²) in [5, 5.41) is 24.4. The van der Waals surface area contributed by atoms with Crippen molar-refractivity contribution >= 4 is 17.0 Å². The number of nitrogens with zero attached hydrogens (tertiary/aromatic N) is 5. The predicted octanol–water partition coefficient (Wildman–Crippen LogP) is 5.53. The van der Waals surface area contributed by atoms with E-state index in [2.05, 4.69) is 63.3 Å². The molecule has 0 saturated heterocycles. The Morgan fingerprint density at radius 2 is 1.78 bits per heavy atom. The van der Waals surface area contributed by atoms with Gasteiger partial charge < -0.3 is 9.67 Å². The molecule has 0 aliphatic heterocycles. The molecule has 8 nitrogen and oxygen atoms in total. The molecule has 5 aromatic rings. The third-order valence-electron chi connectivity index (χ3n) is 6.54. The number of rotatable bonds is 9. The first-order valence-corrected chi connectivity index (χ1v) is 12.3. The molecule has 0 spiro atoms. The third-order valence-corrected chi connectivity index (χ3v) is 6.54. The molecule has 0 radical (unpaired) electrons. The van der Waals surface area contributed by atoms with Gasteiger partial charge in [-0.2, -0.15) is 5.21 Å². The van der Waals surface area contributed by atoms with Gasteiger partial charge >= 0.3 is 5.97 Å². The first-order valence-electron chi connectivity index (χ1n) is 12.3. The summed E-state index contributed by atoms with van der Waals surface area (Å²) in [5.74, 6) is 0.550. The van der Waals surface area contributed by atoms with Crippen molar-refractivity contribution < 1.29 is 9.90 Å². The normalized spacial score (nSPS) is 11.3. The predicted molar refractivity (Wildman–Crippen MR) is 139 cm³/mol. The van der Waals surface area contributed by atoms with Crippen molar-refractivity contribution in [3.63, 3.8) is 0 Å². The molecule has 0 aliphatic rings. The zero-order valence-corrected chi connectivity index (χ0v) is 20.4. The SMILES string of the molecule is CCCCc1nc2c(CC)ccc(C(=O)O)c2n1Cc1ccc(-c2ccccc2-c2nn[nH]n2)cc1. The van der Waals surface area contributed by atoms with Crippen molar-refractivity contribution in [1.82, 2.24) is 30.2 Å². The maximum absolute atomic E-state index is 12.1. The van der Waals surface area contributed by atoms with Crippen LogP contribution in [0.25, 0.3) is 33.5 Å². The lowest BCUT2D eigenvalue weighted by molar-refractivity contribution is 0.0698. The molecule has 0 atom stereocenters. The molecule has 0 saturated carbocycles. The van der Waals surface area contributed by atoms with E-state index in [0.29, 0.717) is 23.4 Å². The molecule has 0 aliphatic carbocycles. The van der Waals surface area contributed by atoms with Crippen LogP contribution in [0, 0.1) is 0 Å². The molecule has 8 heteroatoms. The van der Waals surface area contributed by atoms with Crippen LogP contribution in [0.5, 0.6) is 0 Å². The second kappa shape index (κ2) is 10.1. The average Bonchev–Trinajstić information content (AvgIpc) is 3.56. The van der Waals surface area contributed by atoms with Gasteiger partial charge in [0.2, 0.25) is 5.82 Å². The third kappa shape index (κ3) is 4.37. The minimum atomic E-state index is -0.931. The molecule has 3 aromatic carbocycles. The summed E-state index contributed by atoms with van der Waals surface area (Å²) < 4.78 is 2.09. The van der Waals surface area contributed by atoms with Gasteiger partial charge in [-0.1, -0.05) is 74.9 Å². The number of aryl methyl sites for hydroxylation is 2. The molecule has 2 N–H and O–H groups in total. The van der Waals surface area contributed by atoms with E-state index in [-0.39, 0.29) is 0 Å². The number of H-pyrrole nitrogens is 1. The highest BCUT2D eigenvalue weighted by Gasteiger charge is 2.20. The Kier molecular flexibility index (Phi) is 6.58. The van der Waals surface area contributed by atoms with Gasteiger partial charge in [-0.15, -0.1) is 10.2 Å². The van der Waals surface area contributed by atoms with E-state index in [0.717, 1.165) is 64.8 Å². The van der Waals surface area contributed by atoms with Crippen LogP contribution in [-0.4, -0.2) is 41.3 Å². The Balaban J connectivity index is 1.55.